The Hall–Kier alpha value is -0.120. The second-order valence-electron chi connectivity index (χ2n) is 4.67. The summed E-state index contributed by atoms with van der Waals surface area (Å²) in [6.07, 6.45) is 4.59. The van der Waals surface area contributed by atoms with E-state index in [9.17, 15) is 5.11 Å². The Labute approximate surface area is 86.3 Å². The lowest BCUT2D eigenvalue weighted by atomic mass is 9.81. The van der Waals surface area contributed by atoms with Crippen LogP contribution < -0.4 is 10.6 Å². The van der Waals surface area contributed by atoms with Crippen molar-refractivity contribution in [3.05, 3.63) is 0 Å². The minimum atomic E-state index is -0.0424. The molecule has 0 bridgehead atoms. The first-order valence-corrected chi connectivity index (χ1v) is 5.97. The van der Waals surface area contributed by atoms with Gasteiger partial charge in [0.05, 0.1) is 6.10 Å². The van der Waals surface area contributed by atoms with Crippen molar-refractivity contribution in [2.45, 2.75) is 31.8 Å². The number of rotatable bonds is 2. The summed E-state index contributed by atoms with van der Waals surface area (Å²) in [5.41, 5.74) is 0. The van der Waals surface area contributed by atoms with Crippen LogP contribution in [0.2, 0.25) is 0 Å². The third-order valence-corrected chi connectivity index (χ3v) is 3.73. The van der Waals surface area contributed by atoms with Crippen LogP contribution in [0, 0.1) is 11.8 Å². The first-order valence-electron chi connectivity index (χ1n) is 5.97. The van der Waals surface area contributed by atoms with Crippen molar-refractivity contribution < 1.29 is 5.11 Å². The standard InChI is InChI=1S/C11H22N2O/c14-11(9-1-5-12-6-2-9)10-3-7-13-8-4-10/h9-14H,1-8H2. The lowest BCUT2D eigenvalue weighted by Crippen LogP contribution is -2.41. The average molecular weight is 198 g/mol. The Kier molecular flexibility index (Phi) is 3.79. The third kappa shape index (κ3) is 2.47. The van der Waals surface area contributed by atoms with Crippen molar-refractivity contribution in [3.8, 4) is 0 Å². The highest BCUT2D eigenvalue weighted by atomic mass is 16.3. The normalized spacial score (nSPS) is 27.0. The van der Waals surface area contributed by atoms with Gasteiger partial charge in [-0.2, -0.15) is 0 Å². The van der Waals surface area contributed by atoms with Crippen LogP contribution in [0.25, 0.3) is 0 Å². The number of hydrogen-bond acceptors (Lipinski definition) is 3. The van der Waals surface area contributed by atoms with Gasteiger partial charge in [0.25, 0.3) is 0 Å². The minimum absolute atomic E-state index is 0.0424. The van der Waals surface area contributed by atoms with Gasteiger partial charge >= 0.3 is 0 Å². The van der Waals surface area contributed by atoms with E-state index >= 15 is 0 Å². The van der Waals surface area contributed by atoms with E-state index in [1.54, 1.807) is 0 Å². The highest BCUT2D eigenvalue weighted by Gasteiger charge is 2.29. The van der Waals surface area contributed by atoms with E-state index in [-0.39, 0.29) is 6.10 Å². The van der Waals surface area contributed by atoms with Crippen LogP contribution in [0.3, 0.4) is 0 Å². The molecule has 2 fully saturated rings. The Morgan fingerprint density at radius 2 is 1.14 bits per heavy atom. The molecule has 0 aromatic heterocycles. The molecule has 0 atom stereocenters. The van der Waals surface area contributed by atoms with Gasteiger partial charge in [-0.3, -0.25) is 0 Å². The maximum absolute atomic E-state index is 10.2. The molecule has 0 unspecified atom stereocenters. The van der Waals surface area contributed by atoms with Gasteiger partial charge in [0.2, 0.25) is 0 Å². The third-order valence-electron chi connectivity index (χ3n) is 3.73. The Bertz CT molecular complexity index is 145. The molecule has 0 saturated carbocycles. The largest absolute Gasteiger partial charge is 0.393 e. The molecule has 2 heterocycles. The van der Waals surface area contributed by atoms with E-state index in [0.29, 0.717) is 11.8 Å². The van der Waals surface area contributed by atoms with Gasteiger partial charge in [-0.25, -0.2) is 0 Å². The SMILES string of the molecule is OC(C1CCNCC1)C1CCNCC1. The molecule has 82 valence electrons. The quantitative estimate of drug-likeness (QED) is 0.600. The highest BCUT2D eigenvalue weighted by molar-refractivity contribution is 4.82. The fourth-order valence-corrected chi connectivity index (χ4v) is 2.76. The summed E-state index contributed by atoms with van der Waals surface area (Å²) >= 11 is 0. The highest BCUT2D eigenvalue weighted by Crippen LogP contribution is 2.26. The summed E-state index contributed by atoms with van der Waals surface area (Å²) < 4.78 is 0. The van der Waals surface area contributed by atoms with Gasteiger partial charge in [0.15, 0.2) is 0 Å². The fourth-order valence-electron chi connectivity index (χ4n) is 2.76. The molecule has 3 heteroatoms. The monoisotopic (exact) mass is 198 g/mol. The fraction of sp³-hybridized carbons (Fsp3) is 1.00. The first kappa shape index (κ1) is 10.4. The van der Waals surface area contributed by atoms with Crippen molar-refractivity contribution >= 4 is 0 Å². The zero-order valence-electron chi connectivity index (χ0n) is 8.84. The van der Waals surface area contributed by atoms with E-state index in [2.05, 4.69) is 10.6 Å². The predicted octanol–water partition coefficient (Wildman–Crippen LogP) is 0.346. The molecule has 0 spiro atoms. The van der Waals surface area contributed by atoms with E-state index < -0.39 is 0 Å². The first-order chi connectivity index (χ1) is 6.88. The Morgan fingerprint density at radius 1 is 0.786 bits per heavy atom. The Balaban J connectivity index is 1.82. The van der Waals surface area contributed by atoms with Gasteiger partial charge in [-0.05, 0) is 63.7 Å². The second-order valence-corrected chi connectivity index (χ2v) is 4.67. The maximum Gasteiger partial charge on any atom is 0.0598 e. The summed E-state index contributed by atoms with van der Waals surface area (Å²) in [5, 5.41) is 16.9. The zero-order chi connectivity index (χ0) is 9.80. The van der Waals surface area contributed by atoms with E-state index in [0.717, 1.165) is 51.9 Å². The van der Waals surface area contributed by atoms with E-state index in [4.69, 9.17) is 0 Å². The summed E-state index contributed by atoms with van der Waals surface area (Å²) in [6.45, 7) is 4.36. The molecule has 0 radical (unpaired) electrons. The summed E-state index contributed by atoms with van der Waals surface area (Å²) in [7, 11) is 0. The van der Waals surface area contributed by atoms with Gasteiger partial charge in [0, 0.05) is 0 Å². The van der Waals surface area contributed by atoms with Crippen molar-refractivity contribution in [2.75, 3.05) is 26.2 Å². The van der Waals surface area contributed by atoms with Crippen molar-refractivity contribution in [1.29, 1.82) is 0 Å². The smallest absolute Gasteiger partial charge is 0.0598 e. The van der Waals surface area contributed by atoms with Crippen LogP contribution in [-0.4, -0.2) is 37.4 Å². The summed E-state index contributed by atoms with van der Waals surface area (Å²) in [4.78, 5) is 0. The lowest BCUT2D eigenvalue weighted by Gasteiger charge is -2.34. The van der Waals surface area contributed by atoms with E-state index in [1.165, 1.54) is 0 Å². The van der Waals surface area contributed by atoms with Crippen LogP contribution in [0.5, 0.6) is 0 Å². The molecule has 2 rings (SSSR count). The molecular weight excluding hydrogens is 176 g/mol. The number of hydrogen-bond donors (Lipinski definition) is 3. The number of piperidine rings is 2. The van der Waals surface area contributed by atoms with E-state index in [1.807, 2.05) is 0 Å². The van der Waals surface area contributed by atoms with Crippen LogP contribution in [0.15, 0.2) is 0 Å². The Morgan fingerprint density at radius 3 is 1.50 bits per heavy atom. The summed E-state index contributed by atoms with van der Waals surface area (Å²) in [5.74, 6) is 1.11. The molecule has 0 amide bonds. The van der Waals surface area contributed by atoms with Crippen LogP contribution in [0.4, 0.5) is 0 Å². The van der Waals surface area contributed by atoms with Gasteiger partial charge in [-0.15, -0.1) is 0 Å². The van der Waals surface area contributed by atoms with Gasteiger partial charge in [-0.1, -0.05) is 0 Å². The van der Waals surface area contributed by atoms with Crippen LogP contribution in [0.1, 0.15) is 25.7 Å². The molecule has 2 saturated heterocycles. The molecule has 14 heavy (non-hydrogen) atoms. The molecular formula is C11H22N2O. The van der Waals surface area contributed by atoms with Crippen molar-refractivity contribution in [1.82, 2.24) is 10.6 Å². The summed E-state index contributed by atoms with van der Waals surface area (Å²) in [6, 6.07) is 0. The van der Waals surface area contributed by atoms with Gasteiger partial charge in [0.1, 0.15) is 0 Å². The minimum Gasteiger partial charge on any atom is -0.393 e. The average Bonchev–Trinajstić information content (AvgIpc) is 2.30. The topological polar surface area (TPSA) is 44.3 Å². The molecule has 0 aromatic rings. The second kappa shape index (κ2) is 5.10. The molecule has 3 nitrogen and oxygen atoms in total. The molecule has 2 aliphatic heterocycles. The van der Waals surface area contributed by atoms with Gasteiger partial charge < -0.3 is 15.7 Å². The van der Waals surface area contributed by atoms with Crippen molar-refractivity contribution in [2.24, 2.45) is 11.8 Å². The van der Waals surface area contributed by atoms with Crippen molar-refractivity contribution in [3.63, 3.8) is 0 Å². The molecule has 3 N–H and O–H groups in total. The molecule has 0 aromatic carbocycles. The maximum atomic E-state index is 10.2. The number of aliphatic hydroxyl groups excluding tert-OH is 1. The molecule has 0 aliphatic carbocycles. The predicted molar refractivity (Wildman–Crippen MR) is 57.2 cm³/mol. The molecule has 2 aliphatic rings. The number of aliphatic hydroxyl groups is 1. The van der Waals surface area contributed by atoms with Crippen LogP contribution in [-0.2, 0) is 0 Å². The zero-order valence-corrected chi connectivity index (χ0v) is 8.84. The lowest BCUT2D eigenvalue weighted by molar-refractivity contribution is 0.0241. The number of nitrogens with one attached hydrogen (secondary N) is 2. The van der Waals surface area contributed by atoms with Crippen LogP contribution >= 0.6 is 0 Å².